The molecule has 0 spiro atoms. The van der Waals surface area contributed by atoms with Gasteiger partial charge in [-0.15, -0.1) is 0 Å². The molecule has 1 aromatic carbocycles. The fourth-order valence-corrected chi connectivity index (χ4v) is 3.63. The predicted octanol–water partition coefficient (Wildman–Crippen LogP) is 3.01. The van der Waals surface area contributed by atoms with Gasteiger partial charge in [0.2, 0.25) is 5.95 Å². The van der Waals surface area contributed by atoms with E-state index in [4.69, 9.17) is 14.7 Å². The average molecular weight is 380 g/mol. The van der Waals surface area contributed by atoms with Crippen molar-refractivity contribution >= 4 is 17.1 Å². The Labute approximate surface area is 165 Å². The van der Waals surface area contributed by atoms with Gasteiger partial charge in [-0.1, -0.05) is 0 Å². The molecular formula is C21H28N6O. The Morgan fingerprint density at radius 2 is 1.68 bits per heavy atom. The molecule has 0 aliphatic carbocycles. The minimum Gasteiger partial charge on any atom is -0.497 e. The van der Waals surface area contributed by atoms with Crippen LogP contribution in [-0.2, 0) is 7.05 Å². The van der Waals surface area contributed by atoms with Crippen molar-refractivity contribution in [3.63, 3.8) is 0 Å². The van der Waals surface area contributed by atoms with Gasteiger partial charge in [0.25, 0.3) is 0 Å². The molecule has 28 heavy (non-hydrogen) atoms. The second kappa shape index (κ2) is 8.56. The monoisotopic (exact) mass is 380 g/mol. The van der Waals surface area contributed by atoms with Gasteiger partial charge in [-0.05, 0) is 63.0 Å². The largest absolute Gasteiger partial charge is 0.497 e. The maximum absolute atomic E-state index is 5.30. The Bertz CT molecular complexity index is 911. The standard InChI is InChI=1S/C21H28N6O/c1-26-15-23-19-18(16-7-9-17(28-2)10-8-16)24-21(25-20(19)26)27-13-5-3-11-22-12-4-6-14-27/h7-10,15,22H,3-6,11-14H2,1-2H3. The van der Waals surface area contributed by atoms with E-state index in [1.807, 2.05) is 42.2 Å². The Morgan fingerprint density at radius 1 is 0.964 bits per heavy atom. The molecule has 148 valence electrons. The summed E-state index contributed by atoms with van der Waals surface area (Å²) in [6.07, 6.45) is 6.44. The van der Waals surface area contributed by atoms with E-state index in [1.165, 1.54) is 12.8 Å². The molecule has 0 unspecified atom stereocenters. The fourth-order valence-electron chi connectivity index (χ4n) is 3.63. The van der Waals surface area contributed by atoms with Crippen molar-refractivity contribution in [3.05, 3.63) is 30.6 Å². The third-order valence-electron chi connectivity index (χ3n) is 5.26. The normalized spacial score (nSPS) is 16.3. The molecule has 3 heterocycles. The van der Waals surface area contributed by atoms with Crippen LogP contribution in [0.25, 0.3) is 22.4 Å². The van der Waals surface area contributed by atoms with E-state index in [1.54, 1.807) is 7.11 Å². The van der Waals surface area contributed by atoms with Gasteiger partial charge >= 0.3 is 0 Å². The third-order valence-corrected chi connectivity index (χ3v) is 5.26. The van der Waals surface area contributed by atoms with Crippen LogP contribution in [0.5, 0.6) is 5.75 Å². The summed E-state index contributed by atoms with van der Waals surface area (Å²) in [5, 5.41) is 3.51. The zero-order valence-corrected chi connectivity index (χ0v) is 16.7. The molecule has 0 atom stereocenters. The number of aryl methyl sites for hydroxylation is 1. The van der Waals surface area contributed by atoms with Gasteiger partial charge in [0, 0.05) is 25.7 Å². The van der Waals surface area contributed by atoms with Crippen molar-refractivity contribution in [2.45, 2.75) is 25.7 Å². The zero-order chi connectivity index (χ0) is 19.3. The van der Waals surface area contributed by atoms with Crippen LogP contribution in [0.1, 0.15) is 25.7 Å². The smallest absolute Gasteiger partial charge is 0.228 e. The molecule has 0 amide bonds. The highest BCUT2D eigenvalue weighted by Gasteiger charge is 2.18. The van der Waals surface area contributed by atoms with Crippen LogP contribution in [0.4, 0.5) is 5.95 Å². The first-order valence-corrected chi connectivity index (χ1v) is 10.1. The predicted molar refractivity (Wildman–Crippen MR) is 112 cm³/mol. The first-order chi connectivity index (χ1) is 13.8. The van der Waals surface area contributed by atoms with Crippen molar-refractivity contribution in [3.8, 4) is 17.0 Å². The highest BCUT2D eigenvalue weighted by molar-refractivity contribution is 5.88. The molecule has 2 aromatic heterocycles. The van der Waals surface area contributed by atoms with Crippen LogP contribution in [0.2, 0.25) is 0 Å². The summed E-state index contributed by atoms with van der Waals surface area (Å²) in [5.41, 5.74) is 3.61. The van der Waals surface area contributed by atoms with Crippen molar-refractivity contribution in [1.29, 1.82) is 0 Å². The summed E-state index contributed by atoms with van der Waals surface area (Å²) in [7, 11) is 3.66. The van der Waals surface area contributed by atoms with E-state index in [9.17, 15) is 0 Å². The molecule has 1 fully saturated rings. The quantitative estimate of drug-likeness (QED) is 0.753. The Kier molecular flexibility index (Phi) is 5.71. The van der Waals surface area contributed by atoms with Crippen LogP contribution < -0.4 is 15.0 Å². The highest BCUT2D eigenvalue weighted by atomic mass is 16.5. The molecule has 0 radical (unpaired) electrons. The van der Waals surface area contributed by atoms with Gasteiger partial charge in [0.05, 0.1) is 13.4 Å². The molecule has 1 aliphatic rings. The van der Waals surface area contributed by atoms with Gasteiger partial charge in [-0.25, -0.2) is 9.97 Å². The summed E-state index contributed by atoms with van der Waals surface area (Å²) in [5.74, 6) is 1.63. The lowest BCUT2D eigenvalue weighted by Crippen LogP contribution is -2.30. The number of rotatable bonds is 3. The van der Waals surface area contributed by atoms with Gasteiger partial charge in [-0.3, -0.25) is 0 Å². The van der Waals surface area contributed by atoms with Crippen molar-refractivity contribution in [2.24, 2.45) is 7.05 Å². The lowest BCUT2D eigenvalue weighted by molar-refractivity contribution is 0.415. The number of fused-ring (bicyclic) bond motifs is 1. The highest BCUT2D eigenvalue weighted by Crippen LogP contribution is 2.28. The minimum atomic E-state index is 0.801. The summed E-state index contributed by atoms with van der Waals surface area (Å²) < 4.78 is 7.27. The molecule has 1 N–H and O–H groups in total. The Hall–Kier alpha value is -2.67. The van der Waals surface area contributed by atoms with Crippen molar-refractivity contribution < 1.29 is 4.74 Å². The van der Waals surface area contributed by atoms with Gasteiger partial charge in [-0.2, -0.15) is 4.98 Å². The van der Waals surface area contributed by atoms with E-state index in [0.29, 0.717) is 0 Å². The van der Waals surface area contributed by atoms with E-state index < -0.39 is 0 Å². The van der Waals surface area contributed by atoms with Gasteiger partial charge in [0.15, 0.2) is 5.65 Å². The number of nitrogens with zero attached hydrogens (tertiary/aromatic N) is 5. The van der Waals surface area contributed by atoms with Crippen LogP contribution in [-0.4, -0.2) is 52.8 Å². The van der Waals surface area contributed by atoms with Crippen LogP contribution >= 0.6 is 0 Å². The van der Waals surface area contributed by atoms with Crippen LogP contribution in [0, 0.1) is 0 Å². The number of benzene rings is 1. The fraction of sp³-hybridized carbons (Fsp3) is 0.476. The van der Waals surface area contributed by atoms with Crippen LogP contribution in [0.15, 0.2) is 30.6 Å². The summed E-state index contributed by atoms with van der Waals surface area (Å²) >= 11 is 0. The topological polar surface area (TPSA) is 68.1 Å². The van der Waals surface area contributed by atoms with E-state index in [-0.39, 0.29) is 0 Å². The van der Waals surface area contributed by atoms with Crippen molar-refractivity contribution in [1.82, 2.24) is 24.8 Å². The Balaban J connectivity index is 1.74. The number of imidazole rings is 1. The molecule has 1 saturated heterocycles. The molecule has 4 rings (SSSR count). The van der Waals surface area contributed by atoms with E-state index in [2.05, 4.69) is 15.2 Å². The molecule has 3 aromatic rings. The summed E-state index contributed by atoms with van der Waals surface area (Å²) in [6, 6.07) is 7.99. The Morgan fingerprint density at radius 3 is 2.36 bits per heavy atom. The maximum Gasteiger partial charge on any atom is 0.228 e. The molecule has 7 nitrogen and oxygen atoms in total. The molecular weight excluding hydrogens is 352 g/mol. The number of nitrogens with one attached hydrogen (secondary N) is 1. The lowest BCUT2D eigenvalue weighted by Gasteiger charge is -2.24. The first-order valence-electron chi connectivity index (χ1n) is 10.1. The van der Waals surface area contributed by atoms with Crippen LogP contribution in [0.3, 0.4) is 0 Å². The lowest BCUT2D eigenvalue weighted by atomic mass is 10.1. The molecule has 7 heteroatoms. The summed E-state index contributed by atoms with van der Waals surface area (Å²) in [4.78, 5) is 16.8. The maximum atomic E-state index is 5.30. The second-order valence-corrected chi connectivity index (χ2v) is 7.28. The average Bonchev–Trinajstić information content (AvgIpc) is 3.12. The van der Waals surface area contributed by atoms with Crippen molar-refractivity contribution in [2.75, 3.05) is 38.2 Å². The van der Waals surface area contributed by atoms with Gasteiger partial charge < -0.3 is 19.5 Å². The SMILES string of the molecule is COc1ccc(-c2nc(N3CCCCNCCCC3)nc3c2ncn3C)cc1. The third kappa shape index (κ3) is 3.94. The molecule has 0 saturated carbocycles. The number of hydrogen-bond donors (Lipinski definition) is 1. The van der Waals surface area contributed by atoms with E-state index >= 15 is 0 Å². The molecule has 1 aliphatic heterocycles. The zero-order valence-electron chi connectivity index (χ0n) is 16.7. The second-order valence-electron chi connectivity index (χ2n) is 7.28. The minimum absolute atomic E-state index is 0.801. The first kappa shape index (κ1) is 18.7. The number of ether oxygens (including phenoxy) is 1. The number of hydrogen-bond acceptors (Lipinski definition) is 6. The number of aromatic nitrogens is 4. The van der Waals surface area contributed by atoms with E-state index in [0.717, 1.165) is 73.1 Å². The van der Waals surface area contributed by atoms with Gasteiger partial charge in [0.1, 0.15) is 17.0 Å². The molecule has 0 bridgehead atoms. The number of anilines is 1. The number of methoxy groups -OCH3 is 1. The summed E-state index contributed by atoms with van der Waals surface area (Å²) in [6.45, 7) is 4.14.